The number of hydrogen-bond acceptors (Lipinski definition) is 5. The van der Waals surface area contributed by atoms with Crippen molar-refractivity contribution in [3.8, 4) is 11.5 Å². The number of nitrogens with two attached hydrogens (primary N) is 1. The van der Waals surface area contributed by atoms with Crippen molar-refractivity contribution in [1.82, 2.24) is 4.72 Å². The molecule has 0 spiro atoms. The van der Waals surface area contributed by atoms with Crippen LogP contribution in [0.3, 0.4) is 0 Å². The zero-order chi connectivity index (χ0) is 17.6. The molecule has 0 saturated carbocycles. The minimum Gasteiger partial charge on any atom is -0.493 e. The molecule has 0 aliphatic rings. The summed E-state index contributed by atoms with van der Waals surface area (Å²) in [5, 5.41) is 0. The van der Waals surface area contributed by atoms with E-state index >= 15 is 0 Å². The van der Waals surface area contributed by atoms with Gasteiger partial charge in [0.2, 0.25) is 10.0 Å². The van der Waals surface area contributed by atoms with E-state index in [9.17, 15) is 8.42 Å². The highest BCUT2D eigenvalue weighted by molar-refractivity contribution is 7.89. The number of anilines is 1. The Morgan fingerprint density at radius 2 is 1.83 bits per heavy atom. The van der Waals surface area contributed by atoms with Crippen LogP contribution in [-0.4, -0.2) is 22.1 Å². The van der Waals surface area contributed by atoms with E-state index in [0.717, 1.165) is 6.42 Å². The second-order valence-electron chi connectivity index (χ2n) is 5.19. The van der Waals surface area contributed by atoms with Gasteiger partial charge in [0.15, 0.2) is 11.5 Å². The average molecular weight is 350 g/mol. The predicted molar refractivity (Wildman–Crippen MR) is 93.7 cm³/mol. The van der Waals surface area contributed by atoms with Gasteiger partial charge in [0.1, 0.15) is 0 Å². The van der Waals surface area contributed by atoms with E-state index < -0.39 is 10.0 Å². The summed E-state index contributed by atoms with van der Waals surface area (Å²) >= 11 is 0. The standard InChI is InChI=1S/C17H22N2O4S/c1-3-11-23-17-13(5-4-6-16(17)22-2)12-19-24(20,21)15-9-7-14(18)8-10-15/h4-10,19H,3,11-12,18H2,1-2H3. The number of rotatable bonds is 8. The molecule has 0 aliphatic heterocycles. The quantitative estimate of drug-likeness (QED) is 0.714. The van der Waals surface area contributed by atoms with E-state index in [1.54, 1.807) is 37.4 Å². The topological polar surface area (TPSA) is 90.7 Å². The van der Waals surface area contributed by atoms with Crippen LogP contribution in [0, 0.1) is 0 Å². The summed E-state index contributed by atoms with van der Waals surface area (Å²) in [7, 11) is -2.08. The van der Waals surface area contributed by atoms with E-state index in [4.69, 9.17) is 15.2 Å². The number of benzene rings is 2. The minimum atomic E-state index is -3.63. The zero-order valence-corrected chi connectivity index (χ0v) is 14.6. The van der Waals surface area contributed by atoms with Gasteiger partial charge in [-0.2, -0.15) is 0 Å². The van der Waals surface area contributed by atoms with Crippen molar-refractivity contribution in [2.24, 2.45) is 0 Å². The van der Waals surface area contributed by atoms with Crippen LogP contribution in [-0.2, 0) is 16.6 Å². The van der Waals surface area contributed by atoms with Crippen LogP contribution in [0.15, 0.2) is 47.4 Å². The Balaban J connectivity index is 2.20. The molecular formula is C17H22N2O4S. The number of nitrogen functional groups attached to an aromatic ring is 1. The van der Waals surface area contributed by atoms with Crippen molar-refractivity contribution in [2.45, 2.75) is 24.8 Å². The Bertz CT molecular complexity index is 774. The second kappa shape index (κ2) is 8.03. The van der Waals surface area contributed by atoms with Gasteiger partial charge in [-0.25, -0.2) is 13.1 Å². The molecule has 3 N–H and O–H groups in total. The van der Waals surface area contributed by atoms with Gasteiger partial charge in [-0.05, 0) is 36.8 Å². The molecule has 0 heterocycles. The lowest BCUT2D eigenvalue weighted by Crippen LogP contribution is -2.23. The Labute approximate surface area is 142 Å². The fourth-order valence-electron chi connectivity index (χ4n) is 2.13. The van der Waals surface area contributed by atoms with Crippen LogP contribution in [0.4, 0.5) is 5.69 Å². The number of methoxy groups -OCH3 is 1. The minimum absolute atomic E-state index is 0.100. The molecule has 0 bridgehead atoms. The molecule has 24 heavy (non-hydrogen) atoms. The first kappa shape index (κ1) is 18.1. The van der Waals surface area contributed by atoms with Gasteiger partial charge in [-0.3, -0.25) is 0 Å². The van der Waals surface area contributed by atoms with Gasteiger partial charge in [0, 0.05) is 17.8 Å². The van der Waals surface area contributed by atoms with Crippen LogP contribution < -0.4 is 19.9 Å². The van der Waals surface area contributed by atoms with Crippen LogP contribution in [0.2, 0.25) is 0 Å². The van der Waals surface area contributed by atoms with Gasteiger partial charge in [-0.15, -0.1) is 0 Å². The largest absolute Gasteiger partial charge is 0.493 e. The summed E-state index contributed by atoms with van der Waals surface area (Å²) in [6.45, 7) is 2.62. The van der Waals surface area contributed by atoms with Gasteiger partial charge >= 0.3 is 0 Å². The summed E-state index contributed by atoms with van der Waals surface area (Å²) in [6, 6.07) is 11.4. The number of sulfonamides is 1. The third kappa shape index (κ3) is 4.39. The van der Waals surface area contributed by atoms with Gasteiger partial charge in [0.25, 0.3) is 0 Å². The lowest BCUT2D eigenvalue weighted by atomic mass is 10.2. The van der Waals surface area contributed by atoms with Gasteiger partial charge in [0.05, 0.1) is 18.6 Å². The van der Waals surface area contributed by atoms with Crippen LogP contribution >= 0.6 is 0 Å². The Morgan fingerprint density at radius 1 is 1.12 bits per heavy atom. The second-order valence-corrected chi connectivity index (χ2v) is 6.96. The molecule has 7 heteroatoms. The molecule has 0 atom stereocenters. The number of para-hydroxylation sites is 1. The normalized spacial score (nSPS) is 11.2. The SMILES string of the molecule is CCCOc1c(CNS(=O)(=O)c2ccc(N)cc2)cccc1OC. The first-order chi connectivity index (χ1) is 11.5. The molecule has 0 unspecified atom stereocenters. The molecule has 2 rings (SSSR count). The van der Waals surface area contributed by atoms with Crippen molar-refractivity contribution < 1.29 is 17.9 Å². The molecule has 0 amide bonds. The molecule has 2 aromatic rings. The Hall–Kier alpha value is -2.25. The Morgan fingerprint density at radius 3 is 2.46 bits per heavy atom. The summed E-state index contributed by atoms with van der Waals surface area (Å²) in [6.07, 6.45) is 0.842. The van der Waals surface area contributed by atoms with E-state index in [0.29, 0.717) is 29.4 Å². The maximum atomic E-state index is 12.4. The van der Waals surface area contributed by atoms with E-state index in [1.165, 1.54) is 12.1 Å². The average Bonchev–Trinajstić information content (AvgIpc) is 2.58. The lowest BCUT2D eigenvalue weighted by Gasteiger charge is -2.15. The molecule has 0 aliphatic carbocycles. The maximum Gasteiger partial charge on any atom is 0.240 e. The first-order valence-electron chi connectivity index (χ1n) is 7.62. The molecule has 2 aromatic carbocycles. The predicted octanol–water partition coefficient (Wildman–Crippen LogP) is 2.54. The highest BCUT2D eigenvalue weighted by Gasteiger charge is 2.16. The van der Waals surface area contributed by atoms with E-state index in [2.05, 4.69) is 4.72 Å². The molecule has 0 fully saturated rings. The molecule has 6 nitrogen and oxygen atoms in total. The van der Waals surface area contributed by atoms with Crippen molar-refractivity contribution in [3.05, 3.63) is 48.0 Å². The molecule has 0 radical (unpaired) electrons. The van der Waals surface area contributed by atoms with E-state index in [-0.39, 0.29) is 11.4 Å². The molecule has 0 saturated heterocycles. The van der Waals surface area contributed by atoms with Crippen LogP contribution in [0.5, 0.6) is 11.5 Å². The van der Waals surface area contributed by atoms with Crippen molar-refractivity contribution >= 4 is 15.7 Å². The van der Waals surface area contributed by atoms with Gasteiger partial charge in [-0.1, -0.05) is 19.1 Å². The monoisotopic (exact) mass is 350 g/mol. The fourth-order valence-corrected chi connectivity index (χ4v) is 3.14. The zero-order valence-electron chi connectivity index (χ0n) is 13.8. The summed E-state index contributed by atoms with van der Waals surface area (Å²) in [4.78, 5) is 0.163. The van der Waals surface area contributed by atoms with Crippen molar-refractivity contribution in [3.63, 3.8) is 0 Å². The molecular weight excluding hydrogens is 328 g/mol. The van der Waals surface area contributed by atoms with Crippen molar-refractivity contribution in [2.75, 3.05) is 19.5 Å². The highest BCUT2D eigenvalue weighted by Crippen LogP contribution is 2.31. The maximum absolute atomic E-state index is 12.4. The summed E-state index contributed by atoms with van der Waals surface area (Å²) < 4.78 is 38.3. The molecule has 0 aromatic heterocycles. The van der Waals surface area contributed by atoms with Crippen molar-refractivity contribution in [1.29, 1.82) is 0 Å². The molecule has 130 valence electrons. The third-order valence-corrected chi connectivity index (χ3v) is 4.79. The van der Waals surface area contributed by atoms with Gasteiger partial charge < -0.3 is 15.2 Å². The number of nitrogens with one attached hydrogen (secondary N) is 1. The number of hydrogen-bond donors (Lipinski definition) is 2. The highest BCUT2D eigenvalue weighted by atomic mass is 32.2. The lowest BCUT2D eigenvalue weighted by molar-refractivity contribution is 0.291. The van der Waals surface area contributed by atoms with E-state index in [1.807, 2.05) is 6.92 Å². The summed E-state index contributed by atoms with van der Waals surface area (Å²) in [5.41, 5.74) is 6.81. The summed E-state index contributed by atoms with van der Waals surface area (Å²) in [5.74, 6) is 1.13. The first-order valence-corrected chi connectivity index (χ1v) is 9.10. The smallest absolute Gasteiger partial charge is 0.240 e. The fraction of sp³-hybridized carbons (Fsp3) is 0.294. The Kier molecular flexibility index (Phi) is 6.05. The number of ether oxygens (including phenoxy) is 2. The third-order valence-electron chi connectivity index (χ3n) is 3.37. The van der Waals surface area contributed by atoms with Crippen LogP contribution in [0.1, 0.15) is 18.9 Å². The van der Waals surface area contributed by atoms with Crippen LogP contribution in [0.25, 0.3) is 0 Å².